The summed E-state index contributed by atoms with van der Waals surface area (Å²) in [5, 5.41) is 7.16. The predicted octanol–water partition coefficient (Wildman–Crippen LogP) is 6.10. The molecule has 0 unspecified atom stereocenters. The van der Waals surface area contributed by atoms with Crippen LogP contribution >= 0.6 is 23.2 Å². The zero-order chi connectivity index (χ0) is 32.9. The number of hydrogen-bond donors (Lipinski definition) is 2. The molecule has 0 aliphatic carbocycles. The molecule has 1 saturated heterocycles. The van der Waals surface area contributed by atoms with Crippen LogP contribution in [-0.4, -0.2) is 76.5 Å². The lowest BCUT2D eigenvalue weighted by molar-refractivity contribution is 0.0775. The van der Waals surface area contributed by atoms with Crippen LogP contribution in [0.1, 0.15) is 46.8 Å². The molecule has 10 nitrogen and oxygen atoms in total. The van der Waals surface area contributed by atoms with Crippen molar-refractivity contribution < 1.29 is 18.7 Å². The Bertz CT molecular complexity index is 1750. The number of rotatable bonds is 11. The van der Waals surface area contributed by atoms with E-state index in [1.165, 1.54) is 0 Å². The van der Waals surface area contributed by atoms with E-state index in [1.807, 2.05) is 23.7 Å². The number of imidazole rings is 1. The third kappa shape index (κ3) is 7.29. The van der Waals surface area contributed by atoms with Crippen LogP contribution in [0.5, 0.6) is 5.88 Å². The van der Waals surface area contributed by atoms with E-state index in [1.54, 1.807) is 37.6 Å². The van der Waals surface area contributed by atoms with Crippen molar-refractivity contribution >= 4 is 34.8 Å². The van der Waals surface area contributed by atoms with Crippen molar-refractivity contribution in [2.45, 2.75) is 44.8 Å². The number of methoxy groups -OCH3 is 1. The molecular weight excluding hydrogens is 644 g/mol. The zero-order valence-corrected chi connectivity index (χ0v) is 28.0. The van der Waals surface area contributed by atoms with Crippen LogP contribution in [0.15, 0.2) is 42.6 Å². The molecule has 4 aromatic rings. The van der Waals surface area contributed by atoms with E-state index < -0.39 is 0 Å². The van der Waals surface area contributed by atoms with Crippen molar-refractivity contribution in [3.63, 3.8) is 0 Å². The molecule has 0 spiro atoms. The molecule has 5 heterocycles. The molecule has 6 rings (SSSR count). The number of hydrogen-bond acceptors (Lipinski definition) is 8. The number of alkyl halides is 1. The van der Waals surface area contributed by atoms with Gasteiger partial charge in [-0.3, -0.25) is 19.1 Å². The molecule has 248 valence electrons. The normalized spacial score (nSPS) is 15.4. The standard InChI is InChI=1S/C34H38Cl2FN7O3/c1-43-28-10-16-44(15-4-13-37)20-27(28)40-32(43)33(45)41-26-6-3-5-24(29(26)35)31-30(36)23(9-14-38-31)25-8-7-21(34(42-25)46-2)19-39-22-11-17-47-18-12-22/h3,5-9,14,22,39H,4,10-13,15-20H2,1-2H3,(H,41,45). The maximum Gasteiger partial charge on any atom is 0.291 e. The highest BCUT2D eigenvalue weighted by atomic mass is 35.5. The van der Waals surface area contributed by atoms with Crippen LogP contribution < -0.4 is 15.4 Å². The molecule has 1 amide bonds. The Hall–Kier alpha value is -3.61. The predicted molar refractivity (Wildman–Crippen MR) is 181 cm³/mol. The van der Waals surface area contributed by atoms with Gasteiger partial charge in [0.2, 0.25) is 5.88 Å². The fraction of sp³-hybridized carbons (Fsp3) is 0.412. The molecule has 1 aromatic carbocycles. The first-order chi connectivity index (χ1) is 22.9. The van der Waals surface area contributed by atoms with Crippen LogP contribution in [0, 0.1) is 0 Å². The number of pyridine rings is 2. The van der Waals surface area contributed by atoms with Crippen LogP contribution in [0.25, 0.3) is 22.5 Å². The Kier molecular flexibility index (Phi) is 10.7. The number of fused-ring (bicyclic) bond motifs is 1. The van der Waals surface area contributed by atoms with Crippen molar-refractivity contribution in [2.75, 3.05) is 45.4 Å². The highest BCUT2D eigenvalue weighted by Gasteiger charge is 2.26. The van der Waals surface area contributed by atoms with Crippen LogP contribution in [0.3, 0.4) is 0 Å². The SMILES string of the molecule is COc1nc(-c2ccnc(-c3cccc(NC(=O)c4nc5c(n4C)CCN(CCCF)C5)c3Cl)c2Cl)ccc1CNC1CCOCC1. The lowest BCUT2D eigenvalue weighted by atomic mass is 10.0. The van der Waals surface area contributed by atoms with E-state index in [9.17, 15) is 9.18 Å². The second-order valence-corrected chi connectivity index (χ2v) is 12.5. The number of aromatic nitrogens is 4. The fourth-order valence-electron chi connectivity index (χ4n) is 6.17. The van der Waals surface area contributed by atoms with Crippen LogP contribution in [-0.2, 0) is 31.3 Å². The van der Waals surface area contributed by atoms with Crippen molar-refractivity contribution in [1.29, 1.82) is 0 Å². The van der Waals surface area contributed by atoms with Crippen molar-refractivity contribution in [3.05, 3.63) is 75.4 Å². The van der Waals surface area contributed by atoms with E-state index in [-0.39, 0.29) is 18.4 Å². The van der Waals surface area contributed by atoms with Gasteiger partial charge in [0.1, 0.15) is 0 Å². The van der Waals surface area contributed by atoms with E-state index in [0.29, 0.717) is 76.2 Å². The lowest BCUT2D eigenvalue weighted by Gasteiger charge is -2.26. The number of carbonyl (C=O) groups excluding carboxylic acids is 1. The van der Waals surface area contributed by atoms with E-state index >= 15 is 0 Å². The van der Waals surface area contributed by atoms with Crippen molar-refractivity contribution in [2.24, 2.45) is 7.05 Å². The van der Waals surface area contributed by atoms with Gasteiger partial charge in [-0.25, -0.2) is 9.97 Å². The van der Waals surface area contributed by atoms with Gasteiger partial charge >= 0.3 is 0 Å². The summed E-state index contributed by atoms with van der Waals surface area (Å²) in [7, 11) is 3.44. The highest BCUT2D eigenvalue weighted by molar-refractivity contribution is 6.39. The van der Waals surface area contributed by atoms with E-state index in [4.69, 9.17) is 37.7 Å². The molecule has 13 heteroatoms. The summed E-state index contributed by atoms with van der Waals surface area (Å²) < 4.78 is 25.6. The summed E-state index contributed by atoms with van der Waals surface area (Å²) in [6, 6.07) is 11.4. The molecule has 2 aliphatic heterocycles. The quantitative estimate of drug-likeness (QED) is 0.196. The molecular formula is C34H38Cl2FN7O3. The van der Waals surface area contributed by atoms with Crippen molar-refractivity contribution in [3.8, 4) is 28.4 Å². The lowest BCUT2D eigenvalue weighted by Crippen LogP contribution is -2.34. The minimum Gasteiger partial charge on any atom is -0.481 e. The first-order valence-corrected chi connectivity index (χ1v) is 16.6. The number of nitrogens with one attached hydrogen (secondary N) is 2. The second kappa shape index (κ2) is 15.1. The topological polar surface area (TPSA) is 106 Å². The Labute approximate surface area is 283 Å². The van der Waals surface area contributed by atoms with E-state index in [0.717, 1.165) is 56.0 Å². The third-order valence-electron chi connectivity index (χ3n) is 8.75. The maximum atomic E-state index is 13.4. The summed E-state index contributed by atoms with van der Waals surface area (Å²) >= 11 is 13.9. The van der Waals surface area contributed by atoms with Crippen LogP contribution in [0.2, 0.25) is 10.0 Å². The number of amides is 1. The van der Waals surface area contributed by atoms with Crippen LogP contribution in [0.4, 0.5) is 10.1 Å². The molecule has 0 bridgehead atoms. The Morgan fingerprint density at radius 1 is 1.11 bits per heavy atom. The average molecular weight is 683 g/mol. The molecule has 3 aromatic heterocycles. The van der Waals surface area contributed by atoms with E-state index in [2.05, 4.69) is 25.5 Å². The Morgan fingerprint density at radius 3 is 2.72 bits per heavy atom. The monoisotopic (exact) mass is 681 g/mol. The number of benzene rings is 1. The summed E-state index contributed by atoms with van der Waals surface area (Å²) in [4.78, 5) is 29.6. The smallest absolute Gasteiger partial charge is 0.291 e. The number of halogens is 3. The second-order valence-electron chi connectivity index (χ2n) is 11.7. The maximum absolute atomic E-state index is 13.4. The molecule has 1 fully saturated rings. The molecule has 0 saturated carbocycles. The fourth-order valence-corrected chi connectivity index (χ4v) is 6.74. The zero-order valence-electron chi connectivity index (χ0n) is 26.5. The summed E-state index contributed by atoms with van der Waals surface area (Å²) in [6.45, 7) is 3.87. The third-order valence-corrected chi connectivity index (χ3v) is 9.54. The first-order valence-electron chi connectivity index (χ1n) is 15.8. The minimum atomic E-state index is -0.383. The van der Waals surface area contributed by atoms with Gasteiger partial charge in [-0.05, 0) is 37.5 Å². The van der Waals surface area contributed by atoms with Gasteiger partial charge in [-0.1, -0.05) is 41.4 Å². The molecule has 0 radical (unpaired) electrons. The first kappa shape index (κ1) is 33.3. The van der Waals surface area contributed by atoms with Gasteiger partial charge in [-0.15, -0.1) is 0 Å². The average Bonchev–Trinajstić information content (AvgIpc) is 3.43. The summed E-state index contributed by atoms with van der Waals surface area (Å²) in [5.41, 5.74) is 5.51. The number of ether oxygens (including phenoxy) is 2. The number of nitrogens with zero attached hydrogens (tertiary/aromatic N) is 5. The summed E-state index contributed by atoms with van der Waals surface area (Å²) in [5.74, 6) is 0.419. The van der Waals surface area contributed by atoms with Gasteiger partial charge in [0.05, 0.1) is 46.6 Å². The highest BCUT2D eigenvalue weighted by Crippen LogP contribution is 2.40. The molecule has 47 heavy (non-hydrogen) atoms. The Balaban J connectivity index is 1.21. The number of anilines is 1. The van der Waals surface area contributed by atoms with Crippen molar-refractivity contribution in [1.82, 2.24) is 29.7 Å². The molecule has 2 aliphatic rings. The van der Waals surface area contributed by atoms with Gasteiger partial charge in [-0.2, -0.15) is 0 Å². The summed E-state index contributed by atoms with van der Waals surface area (Å²) in [6.07, 6.45) is 4.83. The minimum absolute atomic E-state index is 0.286. The molecule has 2 N–H and O–H groups in total. The van der Waals surface area contributed by atoms with Gasteiger partial charge in [0, 0.05) is 87.5 Å². The van der Waals surface area contributed by atoms with Gasteiger partial charge < -0.3 is 24.7 Å². The Morgan fingerprint density at radius 2 is 1.94 bits per heavy atom. The number of carbonyl (C=O) groups is 1. The largest absolute Gasteiger partial charge is 0.481 e. The van der Waals surface area contributed by atoms with Gasteiger partial charge in [0.15, 0.2) is 5.82 Å². The van der Waals surface area contributed by atoms with Gasteiger partial charge in [0.25, 0.3) is 5.91 Å². The molecule has 0 atom stereocenters.